The predicted octanol–water partition coefficient (Wildman–Crippen LogP) is 1.62. The van der Waals surface area contributed by atoms with Gasteiger partial charge < -0.3 is 10.8 Å². The Balaban J connectivity index is 2.60. The minimum atomic E-state index is -0.00792. The van der Waals surface area contributed by atoms with E-state index in [2.05, 4.69) is 20.9 Å². The third kappa shape index (κ3) is 3.42. The van der Waals surface area contributed by atoms with Crippen molar-refractivity contribution in [2.45, 2.75) is 18.9 Å². The monoisotopic (exact) mass is 244 g/mol. The van der Waals surface area contributed by atoms with Crippen LogP contribution in [-0.2, 0) is 0 Å². The Morgan fingerprint density at radius 1 is 1.62 bits per heavy atom. The van der Waals surface area contributed by atoms with Gasteiger partial charge in [0.05, 0.1) is 0 Å². The minimum Gasteiger partial charge on any atom is -0.396 e. The second-order valence-corrected chi connectivity index (χ2v) is 3.70. The van der Waals surface area contributed by atoms with E-state index in [-0.39, 0.29) is 12.6 Å². The molecule has 1 rings (SSSR count). The number of aliphatic hydroxyl groups is 1. The van der Waals surface area contributed by atoms with Gasteiger partial charge in [-0.25, -0.2) is 4.98 Å². The molecule has 1 heterocycles. The van der Waals surface area contributed by atoms with Gasteiger partial charge in [0.25, 0.3) is 0 Å². The van der Waals surface area contributed by atoms with E-state index in [0.717, 1.165) is 23.0 Å². The Morgan fingerprint density at radius 3 is 3.00 bits per heavy atom. The highest BCUT2D eigenvalue weighted by Gasteiger charge is 2.05. The Morgan fingerprint density at radius 2 is 2.38 bits per heavy atom. The van der Waals surface area contributed by atoms with E-state index in [0.29, 0.717) is 0 Å². The van der Waals surface area contributed by atoms with Gasteiger partial charge in [0, 0.05) is 18.8 Å². The van der Waals surface area contributed by atoms with Crippen LogP contribution in [0.5, 0.6) is 0 Å². The Bertz CT molecular complexity index is 268. The van der Waals surface area contributed by atoms with Crippen LogP contribution in [-0.4, -0.2) is 16.7 Å². The van der Waals surface area contributed by atoms with Crippen LogP contribution >= 0.6 is 15.9 Å². The molecule has 0 saturated carbocycles. The SMILES string of the molecule is N[C@H](CCCO)c1ccnc(Br)c1. The highest BCUT2D eigenvalue weighted by atomic mass is 79.9. The summed E-state index contributed by atoms with van der Waals surface area (Å²) in [5.74, 6) is 0. The van der Waals surface area contributed by atoms with E-state index < -0.39 is 0 Å². The van der Waals surface area contributed by atoms with Gasteiger partial charge in [-0.05, 0) is 46.5 Å². The zero-order valence-corrected chi connectivity index (χ0v) is 8.87. The largest absolute Gasteiger partial charge is 0.396 e. The fourth-order valence-corrected chi connectivity index (χ4v) is 1.51. The topological polar surface area (TPSA) is 59.1 Å². The Labute approximate surface area is 86.1 Å². The zero-order chi connectivity index (χ0) is 9.68. The van der Waals surface area contributed by atoms with E-state index in [4.69, 9.17) is 10.8 Å². The lowest BCUT2D eigenvalue weighted by molar-refractivity contribution is 0.280. The van der Waals surface area contributed by atoms with Crippen molar-refractivity contribution in [3.05, 3.63) is 28.5 Å². The molecule has 3 nitrogen and oxygen atoms in total. The third-order valence-corrected chi connectivity index (χ3v) is 2.29. The molecule has 0 saturated heterocycles. The van der Waals surface area contributed by atoms with Gasteiger partial charge in [-0.15, -0.1) is 0 Å². The third-order valence-electron chi connectivity index (χ3n) is 1.85. The van der Waals surface area contributed by atoms with E-state index in [9.17, 15) is 0 Å². The van der Waals surface area contributed by atoms with Crippen LogP contribution in [0.4, 0.5) is 0 Å². The van der Waals surface area contributed by atoms with Crippen molar-refractivity contribution in [1.82, 2.24) is 4.98 Å². The molecule has 13 heavy (non-hydrogen) atoms. The van der Waals surface area contributed by atoms with E-state index in [1.165, 1.54) is 0 Å². The fraction of sp³-hybridized carbons (Fsp3) is 0.444. The molecule has 1 atom stereocenters. The maximum absolute atomic E-state index is 8.64. The van der Waals surface area contributed by atoms with Gasteiger partial charge in [0.2, 0.25) is 0 Å². The smallest absolute Gasteiger partial charge is 0.106 e. The van der Waals surface area contributed by atoms with E-state index in [1.54, 1.807) is 6.20 Å². The molecule has 0 fully saturated rings. The molecule has 0 radical (unpaired) electrons. The van der Waals surface area contributed by atoms with E-state index >= 15 is 0 Å². The average Bonchev–Trinajstić information content (AvgIpc) is 2.14. The van der Waals surface area contributed by atoms with Gasteiger partial charge in [-0.1, -0.05) is 0 Å². The molecule has 0 aromatic carbocycles. The molecule has 0 aliphatic heterocycles. The maximum Gasteiger partial charge on any atom is 0.106 e. The molecule has 0 amide bonds. The molecule has 4 heteroatoms. The summed E-state index contributed by atoms with van der Waals surface area (Å²) in [6, 6.07) is 3.79. The number of rotatable bonds is 4. The first-order valence-electron chi connectivity index (χ1n) is 4.22. The quantitative estimate of drug-likeness (QED) is 0.792. The number of aliphatic hydroxyl groups excluding tert-OH is 1. The van der Waals surface area contributed by atoms with Crippen LogP contribution in [0.15, 0.2) is 22.9 Å². The van der Waals surface area contributed by atoms with Crippen molar-refractivity contribution in [2.75, 3.05) is 6.61 Å². The standard InChI is InChI=1S/C9H13BrN2O/c10-9-6-7(3-4-12-9)8(11)2-1-5-13/h3-4,6,8,13H,1-2,5,11H2/t8-/m1/s1. The van der Waals surface area contributed by atoms with Gasteiger partial charge in [-0.3, -0.25) is 0 Å². The van der Waals surface area contributed by atoms with Gasteiger partial charge in [0.15, 0.2) is 0 Å². The van der Waals surface area contributed by atoms with Crippen LogP contribution in [0, 0.1) is 0 Å². The molecule has 0 unspecified atom stereocenters. The van der Waals surface area contributed by atoms with Crippen LogP contribution < -0.4 is 5.73 Å². The number of nitrogens with two attached hydrogens (primary N) is 1. The number of hydrogen-bond donors (Lipinski definition) is 2. The Kier molecular flexibility index (Phi) is 4.35. The number of hydrogen-bond acceptors (Lipinski definition) is 3. The summed E-state index contributed by atoms with van der Waals surface area (Å²) in [4.78, 5) is 4.01. The van der Waals surface area contributed by atoms with Gasteiger partial charge in [0.1, 0.15) is 4.60 Å². The molecule has 1 aromatic rings. The van der Waals surface area contributed by atoms with Crippen LogP contribution in [0.2, 0.25) is 0 Å². The van der Waals surface area contributed by atoms with Crippen molar-refractivity contribution in [3.63, 3.8) is 0 Å². The molecule has 3 N–H and O–H groups in total. The summed E-state index contributed by atoms with van der Waals surface area (Å²) in [5.41, 5.74) is 6.94. The van der Waals surface area contributed by atoms with Crippen LogP contribution in [0.3, 0.4) is 0 Å². The lowest BCUT2D eigenvalue weighted by atomic mass is 10.1. The summed E-state index contributed by atoms with van der Waals surface area (Å²) in [6.45, 7) is 0.194. The van der Waals surface area contributed by atoms with Crippen molar-refractivity contribution >= 4 is 15.9 Å². The van der Waals surface area contributed by atoms with Crippen molar-refractivity contribution in [3.8, 4) is 0 Å². The molecule has 0 spiro atoms. The highest BCUT2D eigenvalue weighted by molar-refractivity contribution is 9.10. The van der Waals surface area contributed by atoms with Gasteiger partial charge >= 0.3 is 0 Å². The van der Waals surface area contributed by atoms with Crippen molar-refractivity contribution in [2.24, 2.45) is 5.73 Å². The zero-order valence-electron chi connectivity index (χ0n) is 7.28. The second-order valence-electron chi connectivity index (χ2n) is 2.88. The van der Waals surface area contributed by atoms with Crippen molar-refractivity contribution < 1.29 is 5.11 Å². The van der Waals surface area contributed by atoms with Crippen molar-refractivity contribution in [1.29, 1.82) is 0 Å². The number of halogens is 1. The normalized spacial score (nSPS) is 12.8. The highest BCUT2D eigenvalue weighted by Crippen LogP contribution is 2.17. The number of pyridine rings is 1. The lowest BCUT2D eigenvalue weighted by Crippen LogP contribution is -2.10. The average molecular weight is 245 g/mol. The summed E-state index contributed by atoms with van der Waals surface area (Å²) in [7, 11) is 0. The first-order valence-corrected chi connectivity index (χ1v) is 5.01. The summed E-state index contributed by atoms with van der Waals surface area (Å²) in [6.07, 6.45) is 3.26. The molecule has 1 aromatic heterocycles. The predicted molar refractivity (Wildman–Crippen MR) is 55.2 cm³/mol. The summed E-state index contributed by atoms with van der Waals surface area (Å²) >= 11 is 3.28. The number of aromatic nitrogens is 1. The second kappa shape index (κ2) is 5.32. The van der Waals surface area contributed by atoms with Crippen LogP contribution in [0.25, 0.3) is 0 Å². The maximum atomic E-state index is 8.64. The van der Waals surface area contributed by atoms with Crippen LogP contribution in [0.1, 0.15) is 24.4 Å². The first kappa shape index (κ1) is 10.6. The Hall–Kier alpha value is -0.450. The molecule has 0 aliphatic rings. The molecular weight excluding hydrogens is 232 g/mol. The van der Waals surface area contributed by atoms with Gasteiger partial charge in [-0.2, -0.15) is 0 Å². The number of nitrogens with zero attached hydrogens (tertiary/aromatic N) is 1. The van der Waals surface area contributed by atoms with E-state index in [1.807, 2.05) is 12.1 Å². The summed E-state index contributed by atoms with van der Waals surface area (Å²) < 4.78 is 0.796. The lowest BCUT2D eigenvalue weighted by Gasteiger charge is -2.10. The summed E-state index contributed by atoms with van der Waals surface area (Å²) in [5, 5.41) is 8.64. The molecule has 72 valence electrons. The fourth-order valence-electron chi connectivity index (χ4n) is 1.13. The molecule has 0 bridgehead atoms. The molecule has 0 aliphatic carbocycles. The first-order chi connectivity index (χ1) is 6.24. The molecular formula is C9H13BrN2O. The minimum absolute atomic E-state index is 0.00792.